The van der Waals surface area contributed by atoms with E-state index in [4.69, 9.17) is 9.26 Å². The Balaban J connectivity index is 1.27. The highest BCUT2D eigenvalue weighted by atomic mass is 19.1. The first-order chi connectivity index (χ1) is 17.9. The summed E-state index contributed by atoms with van der Waals surface area (Å²) in [6.07, 6.45) is 3.55. The Hall–Kier alpha value is -4.34. The molecular formula is C27H26FN5O4. The number of rotatable bonds is 8. The maximum Gasteiger partial charge on any atom is 0.341 e. The molecule has 4 aromatic rings. The normalized spacial score (nSPS) is 19.4. The van der Waals surface area contributed by atoms with Crippen LogP contribution in [0.15, 0.2) is 65.4 Å². The van der Waals surface area contributed by atoms with E-state index < -0.39 is 17.7 Å². The second kappa shape index (κ2) is 10.3. The van der Waals surface area contributed by atoms with Gasteiger partial charge in [0.1, 0.15) is 17.5 Å². The molecule has 37 heavy (non-hydrogen) atoms. The summed E-state index contributed by atoms with van der Waals surface area (Å²) in [4.78, 5) is 24.6. The van der Waals surface area contributed by atoms with Crippen molar-refractivity contribution in [2.24, 2.45) is 0 Å². The molecule has 9 nitrogen and oxygen atoms in total. The van der Waals surface area contributed by atoms with E-state index >= 15 is 0 Å². The zero-order valence-electron chi connectivity index (χ0n) is 20.2. The number of carboxylic acid groups (broad SMARTS) is 1. The van der Waals surface area contributed by atoms with Crippen LogP contribution in [0.25, 0.3) is 22.7 Å². The Morgan fingerprint density at radius 3 is 2.78 bits per heavy atom. The van der Waals surface area contributed by atoms with Gasteiger partial charge in [-0.05, 0) is 44.4 Å². The molecule has 1 fully saturated rings. The van der Waals surface area contributed by atoms with E-state index in [1.54, 1.807) is 18.3 Å². The van der Waals surface area contributed by atoms with Gasteiger partial charge in [-0.3, -0.25) is 0 Å². The van der Waals surface area contributed by atoms with Gasteiger partial charge in [0.15, 0.2) is 5.76 Å². The molecule has 1 aliphatic rings. The number of nitrogens with one attached hydrogen (secondary N) is 1. The van der Waals surface area contributed by atoms with Crippen molar-refractivity contribution in [3.63, 3.8) is 0 Å². The molecule has 0 aliphatic heterocycles. The van der Waals surface area contributed by atoms with Crippen LogP contribution in [0.3, 0.4) is 0 Å². The SMILES string of the molecule is Cc1noc(-c2ccc(O[C@H]3CCC[C@@](F)(C(=O)O)C3)cn2)c1CNc1nccc(-c2ccccc2)n1. The molecule has 0 amide bonds. The summed E-state index contributed by atoms with van der Waals surface area (Å²) in [5, 5.41) is 16.5. The van der Waals surface area contributed by atoms with Crippen LogP contribution in [0.5, 0.6) is 5.75 Å². The number of hydrogen-bond donors (Lipinski definition) is 2. The quantitative estimate of drug-likeness (QED) is 0.333. The first kappa shape index (κ1) is 24.4. The number of aliphatic carboxylic acids is 1. The summed E-state index contributed by atoms with van der Waals surface area (Å²) >= 11 is 0. The first-order valence-corrected chi connectivity index (χ1v) is 12.0. The zero-order chi connectivity index (χ0) is 25.8. The fraction of sp³-hybridized carbons (Fsp3) is 0.296. The molecule has 2 atom stereocenters. The highest BCUT2D eigenvalue weighted by Crippen LogP contribution is 2.35. The van der Waals surface area contributed by atoms with Gasteiger partial charge in [-0.15, -0.1) is 0 Å². The van der Waals surface area contributed by atoms with Crippen LogP contribution in [0.4, 0.5) is 10.3 Å². The summed E-state index contributed by atoms with van der Waals surface area (Å²) in [5.74, 6) is -0.0248. The number of carbonyl (C=O) groups is 1. The lowest BCUT2D eigenvalue weighted by molar-refractivity contribution is -0.155. The Labute approximate surface area is 212 Å². The van der Waals surface area contributed by atoms with E-state index in [0.29, 0.717) is 48.2 Å². The Bertz CT molecular complexity index is 1380. The maximum atomic E-state index is 14.6. The monoisotopic (exact) mass is 503 g/mol. The number of hydrogen-bond acceptors (Lipinski definition) is 8. The van der Waals surface area contributed by atoms with E-state index in [-0.39, 0.29) is 12.8 Å². The topological polar surface area (TPSA) is 123 Å². The molecular weight excluding hydrogens is 477 g/mol. The average Bonchev–Trinajstić information content (AvgIpc) is 3.28. The lowest BCUT2D eigenvalue weighted by atomic mass is 9.84. The molecule has 0 spiro atoms. The summed E-state index contributed by atoms with van der Waals surface area (Å²) < 4.78 is 26.0. The summed E-state index contributed by atoms with van der Waals surface area (Å²) in [6.45, 7) is 2.22. The molecule has 1 aliphatic carbocycles. The number of alkyl halides is 1. The van der Waals surface area contributed by atoms with E-state index in [9.17, 15) is 14.3 Å². The minimum absolute atomic E-state index is 0.00261. The van der Waals surface area contributed by atoms with E-state index in [0.717, 1.165) is 16.8 Å². The van der Waals surface area contributed by atoms with Gasteiger partial charge in [-0.25, -0.2) is 24.1 Å². The van der Waals surface area contributed by atoms with Gasteiger partial charge in [0, 0.05) is 30.3 Å². The van der Waals surface area contributed by atoms with Crippen LogP contribution >= 0.6 is 0 Å². The Kier molecular flexibility index (Phi) is 6.80. The van der Waals surface area contributed by atoms with Crippen molar-refractivity contribution in [1.29, 1.82) is 0 Å². The van der Waals surface area contributed by atoms with Gasteiger partial charge < -0.3 is 19.7 Å². The molecule has 1 saturated carbocycles. The van der Waals surface area contributed by atoms with Crippen molar-refractivity contribution in [3.05, 3.63) is 72.2 Å². The highest BCUT2D eigenvalue weighted by molar-refractivity contribution is 5.77. The summed E-state index contributed by atoms with van der Waals surface area (Å²) in [5.41, 5.74) is 1.63. The molecule has 2 N–H and O–H groups in total. The fourth-order valence-corrected chi connectivity index (χ4v) is 4.43. The summed E-state index contributed by atoms with van der Waals surface area (Å²) in [7, 11) is 0. The smallest absolute Gasteiger partial charge is 0.341 e. The van der Waals surface area contributed by atoms with Crippen molar-refractivity contribution in [3.8, 4) is 28.5 Å². The number of halogens is 1. The molecule has 3 heterocycles. The van der Waals surface area contributed by atoms with Crippen molar-refractivity contribution in [2.75, 3.05) is 5.32 Å². The number of carboxylic acids is 1. The van der Waals surface area contributed by atoms with Crippen molar-refractivity contribution in [1.82, 2.24) is 20.1 Å². The first-order valence-electron chi connectivity index (χ1n) is 12.0. The van der Waals surface area contributed by atoms with Gasteiger partial charge in [0.05, 0.1) is 17.6 Å². The molecule has 0 radical (unpaired) electrons. The Morgan fingerprint density at radius 1 is 1.19 bits per heavy atom. The number of pyridine rings is 1. The minimum atomic E-state index is -2.25. The lowest BCUT2D eigenvalue weighted by Crippen LogP contribution is -2.42. The predicted molar refractivity (Wildman–Crippen MR) is 134 cm³/mol. The predicted octanol–water partition coefficient (Wildman–Crippen LogP) is 5.23. The van der Waals surface area contributed by atoms with Gasteiger partial charge >= 0.3 is 5.97 Å². The number of anilines is 1. The number of aryl methyl sites for hydroxylation is 1. The average molecular weight is 504 g/mol. The lowest BCUT2D eigenvalue weighted by Gasteiger charge is -2.31. The van der Waals surface area contributed by atoms with E-state index in [2.05, 4.69) is 25.4 Å². The molecule has 0 saturated heterocycles. The second-order valence-corrected chi connectivity index (χ2v) is 9.05. The molecule has 190 valence electrons. The largest absolute Gasteiger partial charge is 0.489 e. The number of ether oxygens (including phenoxy) is 1. The molecule has 0 unspecified atom stereocenters. The van der Waals surface area contributed by atoms with Crippen LogP contribution in [0.2, 0.25) is 0 Å². The molecule has 0 bridgehead atoms. The molecule has 5 rings (SSSR count). The fourth-order valence-electron chi connectivity index (χ4n) is 4.43. The van der Waals surface area contributed by atoms with Gasteiger partial charge in [0.25, 0.3) is 0 Å². The van der Waals surface area contributed by atoms with E-state index in [1.165, 1.54) is 6.20 Å². The van der Waals surface area contributed by atoms with Crippen LogP contribution in [0, 0.1) is 6.92 Å². The minimum Gasteiger partial charge on any atom is -0.489 e. The standard InChI is InChI=1S/C27H26FN5O4/c1-17-21(16-31-26-29-13-11-22(32-26)18-6-3-2-4-7-18)24(37-33-17)23-10-9-20(15-30-23)36-19-8-5-12-27(28,14-19)25(34)35/h2-4,6-7,9-11,13,15,19H,5,8,12,14,16H2,1H3,(H,34,35)(H,29,31,32)/t19-,27-/m0/s1. The maximum absolute atomic E-state index is 14.6. The highest BCUT2D eigenvalue weighted by Gasteiger charge is 2.44. The van der Waals surface area contributed by atoms with Crippen molar-refractivity contribution < 1.29 is 23.6 Å². The zero-order valence-corrected chi connectivity index (χ0v) is 20.2. The third-order valence-corrected chi connectivity index (χ3v) is 6.44. The second-order valence-electron chi connectivity index (χ2n) is 9.05. The van der Waals surface area contributed by atoms with Crippen molar-refractivity contribution in [2.45, 2.75) is 50.9 Å². The number of benzene rings is 1. The van der Waals surface area contributed by atoms with Gasteiger partial charge in [0.2, 0.25) is 11.6 Å². The molecule has 10 heteroatoms. The summed E-state index contributed by atoms with van der Waals surface area (Å²) in [6, 6.07) is 15.1. The third-order valence-electron chi connectivity index (χ3n) is 6.44. The van der Waals surface area contributed by atoms with Crippen LogP contribution in [0.1, 0.15) is 36.9 Å². The van der Waals surface area contributed by atoms with Gasteiger partial charge in [-0.2, -0.15) is 0 Å². The Morgan fingerprint density at radius 2 is 2.03 bits per heavy atom. The van der Waals surface area contributed by atoms with Crippen LogP contribution < -0.4 is 10.1 Å². The van der Waals surface area contributed by atoms with Crippen molar-refractivity contribution >= 4 is 11.9 Å². The molecule has 1 aromatic carbocycles. The van der Waals surface area contributed by atoms with E-state index in [1.807, 2.05) is 43.3 Å². The van der Waals surface area contributed by atoms with Crippen LogP contribution in [-0.2, 0) is 11.3 Å². The van der Waals surface area contributed by atoms with Gasteiger partial charge in [-0.1, -0.05) is 35.5 Å². The number of nitrogens with zero attached hydrogens (tertiary/aromatic N) is 4. The van der Waals surface area contributed by atoms with Crippen LogP contribution in [-0.4, -0.2) is 43.0 Å². The number of aromatic nitrogens is 4. The third kappa shape index (κ3) is 5.42. The molecule has 3 aromatic heterocycles.